The molecular weight excluding hydrogens is 310 g/mol. The molecule has 1 heterocycles. The van der Waals surface area contributed by atoms with Gasteiger partial charge in [0.25, 0.3) is 0 Å². The maximum atomic E-state index is 11.3. The summed E-state index contributed by atoms with van der Waals surface area (Å²) in [5.41, 5.74) is 1.04. The molecule has 0 aliphatic rings. The van der Waals surface area contributed by atoms with Gasteiger partial charge in [-0.25, -0.2) is 4.98 Å². The van der Waals surface area contributed by atoms with Crippen LogP contribution in [0, 0.1) is 0 Å². The van der Waals surface area contributed by atoms with Crippen molar-refractivity contribution in [1.29, 1.82) is 0 Å². The van der Waals surface area contributed by atoms with Crippen LogP contribution >= 0.6 is 0 Å². The SMILES string of the molecule is CCC(=O)CCCCCCc1nc(-c2ccc3ccccc3c2)n[nH]1. The Labute approximate surface area is 148 Å². The number of unbranched alkanes of at least 4 members (excludes halogenated alkanes) is 3. The number of nitrogens with one attached hydrogen (secondary N) is 1. The molecule has 0 unspecified atom stereocenters. The topological polar surface area (TPSA) is 58.6 Å². The zero-order chi connectivity index (χ0) is 17.5. The van der Waals surface area contributed by atoms with E-state index in [9.17, 15) is 4.79 Å². The first kappa shape index (κ1) is 17.3. The van der Waals surface area contributed by atoms with E-state index in [0.717, 1.165) is 55.7 Å². The van der Waals surface area contributed by atoms with Crippen molar-refractivity contribution in [2.75, 3.05) is 0 Å². The summed E-state index contributed by atoms with van der Waals surface area (Å²) >= 11 is 0. The lowest BCUT2D eigenvalue weighted by Gasteiger charge is -2.00. The molecule has 25 heavy (non-hydrogen) atoms. The van der Waals surface area contributed by atoms with E-state index in [1.54, 1.807) is 0 Å². The number of aromatic nitrogens is 3. The van der Waals surface area contributed by atoms with Gasteiger partial charge in [-0.05, 0) is 29.7 Å². The summed E-state index contributed by atoms with van der Waals surface area (Å²) in [6.45, 7) is 1.93. The second kappa shape index (κ2) is 8.56. The third kappa shape index (κ3) is 4.75. The third-order valence-corrected chi connectivity index (χ3v) is 4.55. The number of aromatic amines is 1. The van der Waals surface area contributed by atoms with Crippen LogP contribution in [-0.2, 0) is 11.2 Å². The highest BCUT2D eigenvalue weighted by atomic mass is 16.1. The minimum absolute atomic E-state index is 0.371. The molecule has 4 heteroatoms. The standard InChI is InChI=1S/C21H25N3O/c1-2-19(25)11-5-3-4-6-12-20-22-21(24-23-20)18-14-13-16-9-7-8-10-17(16)15-18/h7-10,13-15H,2-6,11-12H2,1H3,(H,22,23,24). The fourth-order valence-corrected chi connectivity index (χ4v) is 3.01. The molecule has 0 radical (unpaired) electrons. The third-order valence-electron chi connectivity index (χ3n) is 4.55. The maximum Gasteiger partial charge on any atom is 0.181 e. The van der Waals surface area contributed by atoms with E-state index in [2.05, 4.69) is 45.5 Å². The van der Waals surface area contributed by atoms with Crippen LogP contribution in [0.3, 0.4) is 0 Å². The Morgan fingerprint density at radius 1 is 1.00 bits per heavy atom. The lowest BCUT2D eigenvalue weighted by molar-refractivity contribution is -0.118. The van der Waals surface area contributed by atoms with E-state index in [-0.39, 0.29) is 0 Å². The summed E-state index contributed by atoms with van der Waals surface area (Å²) in [7, 11) is 0. The van der Waals surface area contributed by atoms with Crippen molar-refractivity contribution in [3.8, 4) is 11.4 Å². The first-order valence-corrected chi connectivity index (χ1v) is 9.18. The monoisotopic (exact) mass is 335 g/mol. The van der Waals surface area contributed by atoms with Crippen LogP contribution in [-0.4, -0.2) is 21.0 Å². The van der Waals surface area contributed by atoms with E-state index in [1.807, 2.05) is 19.1 Å². The van der Waals surface area contributed by atoms with Gasteiger partial charge in [-0.1, -0.05) is 56.2 Å². The van der Waals surface area contributed by atoms with Crippen molar-refractivity contribution in [1.82, 2.24) is 15.2 Å². The van der Waals surface area contributed by atoms with Gasteiger partial charge in [-0.2, -0.15) is 5.10 Å². The normalized spacial score (nSPS) is 11.1. The van der Waals surface area contributed by atoms with Gasteiger partial charge in [-0.3, -0.25) is 9.89 Å². The second-order valence-corrected chi connectivity index (χ2v) is 6.47. The highest BCUT2D eigenvalue weighted by molar-refractivity contribution is 5.86. The van der Waals surface area contributed by atoms with Crippen molar-refractivity contribution in [2.45, 2.75) is 51.9 Å². The van der Waals surface area contributed by atoms with Crippen LogP contribution < -0.4 is 0 Å². The average molecular weight is 335 g/mol. The fraction of sp³-hybridized carbons (Fsp3) is 0.381. The number of rotatable bonds is 9. The Bertz CT molecular complexity index is 838. The minimum Gasteiger partial charge on any atom is -0.300 e. The first-order chi connectivity index (χ1) is 12.3. The summed E-state index contributed by atoms with van der Waals surface area (Å²) in [5, 5.41) is 9.84. The molecule has 0 aliphatic heterocycles. The lowest BCUT2D eigenvalue weighted by atomic mass is 10.1. The predicted molar refractivity (Wildman–Crippen MR) is 101 cm³/mol. The number of hydrogen-bond donors (Lipinski definition) is 1. The molecule has 0 atom stereocenters. The Morgan fingerprint density at radius 3 is 2.64 bits per heavy atom. The second-order valence-electron chi connectivity index (χ2n) is 6.47. The van der Waals surface area contributed by atoms with Gasteiger partial charge in [0, 0.05) is 24.8 Å². The molecule has 0 aliphatic carbocycles. The van der Waals surface area contributed by atoms with Gasteiger partial charge in [-0.15, -0.1) is 0 Å². The molecule has 0 saturated heterocycles. The molecule has 0 fully saturated rings. The average Bonchev–Trinajstić information content (AvgIpc) is 3.12. The van der Waals surface area contributed by atoms with Crippen molar-refractivity contribution >= 4 is 16.6 Å². The predicted octanol–water partition coefficient (Wildman–Crippen LogP) is 5.10. The summed E-state index contributed by atoms with van der Waals surface area (Å²) in [6, 6.07) is 14.6. The van der Waals surface area contributed by atoms with Crippen LogP contribution in [0.15, 0.2) is 42.5 Å². The number of carbonyl (C=O) groups excluding carboxylic acids is 1. The number of fused-ring (bicyclic) bond motifs is 1. The number of hydrogen-bond acceptors (Lipinski definition) is 3. The Kier molecular flexibility index (Phi) is 5.94. The summed E-state index contributed by atoms with van der Waals surface area (Å²) < 4.78 is 0. The van der Waals surface area contributed by atoms with Crippen LogP contribution in [0.1, 0.15) is 51.3 Å². The number of Topliss-reactive ketones (excluding diaryl/α,β-unsaturated/α-hetero) is 1. The van der Waals surface area contributed by atoms with E-state index in [1.165, 1.54) is 10.8 Å². The molecule has 0 spiro atoms. The Balaban J connectivity index is 1.51. The van der Waals surface area contributed by atoms with Gasteiger partial charge in [0.15, 0.2) is 5.82 Å². The van der Waals surface area contributed by atoms with Gasteiger partial charge in [0.05, 0.1) is 0 Å². The molecule has 4 nitrogen and oxygen atoms in total. The zero-order valence-corrected chi connectivity index (χ0v) is 14.8. The molecule has 0 bridgehead atoms. The summed E-state index contributed by atoms with van der Waals surface area (Å²) in [4.78, 5) is 15.9. The summed E-state index contributed by atoms with van der Waals surface area (Å²) in [5.74, 6) is 2.07. The summed E-state index contributed by atoms with van der Waals surface area (Å²) in [6.07, 6.45) is 6.61. The van der Waals surface area contributed by atoms with E-state index < -0.39 is 0 Å². The number of ketones is 1. The number of carbonyl (C=O) groups is 1. The van der Waals surface area contributed by atoms with E-state index in [4.69, 9.17) is 0 Å². The molecule has 3 rings (SSSR count). The van der Waals surface area contributed by atoms with Crippen molar-refractivity contribution < 1.29 is 4.79 Å². The first-order valence-electron chi connectivity index (χ1n) is 9.18. The van der Waals surface area contributed by atoms with E-state index in [0.29, 0.717) is 12.2 Å². The lowest BCUT2D eigenvalue weighted by Crippen LogP contribution is -1.94. The molecule has 1 N–H and O–H groups in total. The van der Waals surface area contributed by atoms with Crippen LogP contribution in [0.5, 0.6) is 0 Å². The van der Waals surface area contributed by atoms with Crippen molar-refractivity contribution in [3.05, 3.63) is 48.3 Å². The molecule has 0 saturated carbocycles. The highest BCUT2D eigenvalue weighted by Gasteiger charge is 2.07. The van der Waals surface area contributed by atoms with Gasteiger partial charge in [0.2, 0.25) is 0 Å². The molecular formula is C21H25N3O. The molecule has 130 valence electrons. The fourth-order valence-electron chi connectivity index (χ4n) is 3.01. The quantitative estimate of drug-likeness (QED) is 0.554. The van der Waals surface area contributed by atoms with Crippen LogP contribution in [0.25, 0.3) is 22.2 Å². The zero-order valence-electron chi connectivity index (χ0n) is 14.8. The smallest absolute Gasteiger partial charge is 0.181 e. The maximum absolute atomic E-state index is 11.3. The Morgan fingerprint density at radius 2 is 1.80 bits per heavy atom. The highest BCUT2D eigenvalue weighted by Crippen LogP contribution is 2.22. The number of benzene rings is 2. The minimum atomic E-state index is 0.371. The van der Waals surface area contributed by atoms with Crippen molar-refractivity contribution in [2.24, 2.45) is 0 Å². The van der Waals surface area contributed by atoms with Crippen LogP contribution in [0.4, 0.5) is 0 Å². The molecule has 2 aromatic carbocycles. The number of H-pyrrole nitrogens is 1. The molecule has 0 amide bonds. The number of aryl methyl sites for hydroxylation is 1. The number of nitrogens with zero attached hydrogens (tertiary/aromatic N) is 2. The van der Waals surface area contributed by atoms with Gasteiger partial charge in [0.1, 0.15) is 11.6 Å². The van der Waals surface area contributed by atoms with Gasteiger partial charge < -0.3 is 0 Å². The largest absolute Gasteiger partial charge is 0.300 e. The van der Waals surface area contributed by atoms with E-state index >= 15 is 0 Å². The molecule has 1 aromatic heterocycles. The van der Waals surface area contributed by atoms with Gasteiger partial charge >= 0.3 is 0 Å². The van der Waals surface area contributed by atoms with Crippen LogP contribution in [0.2, 0.25) is 0 Å². The van der Waals surface area contributed by atoms with Crippen molar-refractivity contribution in [3.63, 3.8) is 0 Å². The Hall–Kier alpha value is -2.49. The molecule has 3 aromatic rings.